The van der Waals surface area contributed by atoms with Gasteiger partial charge in [0.1, 0.15) is 0 Å². The minimum Gasteiger partial charge on any atom is -0.371 e. The first-order valence-electron chi connectivity index (χ1n) is 9.46. The molecule has 1 aliphatic rings. The molecule has 2 aromatic carbocycles. The molecule has 0 radical (unpaired) electrons. The third-order valence-corrected chi connectivity index (χ3v) is 5.21. The second-order valence-corrected chi connectivity index (χ2v) is 7.20. The first-order chi connectivity index (χ1) is 12.6. The van der Waals surface area contributed by atoms with Gasteiger partial charge in [0.25, 0.3) is 5.91 Å². The summed E-state index contributed by atoms with van der Waals surface area (Å²) in [6.07, 6.45) is 3.91. The Balaban J connectivity index is 1.83. The number of nitrogens with one attached hydrogen (secondary N) is 1. The zero-order valence-corrected chi connectivity index (χ0v) is 15.8. The molecule has 3 rings (SSSR count). The summed E-state index contributed by atoms with van der Waals surface area (Å²) >= 11 is 0. The predicted octanol–water partition coefficient (Wildman–Crippen LogP) is 4.73. The Kier molecular flexibility index (Phi) is 5.77. The second-order valence-electron chi connectivity index (χ2n) is 7.20. The van der Waals surface area contributed by atoms with Crippen LogP contribution in [0.15, 0.2) is 55.1 Å². The maximum Gasteiger partial charge on any atom is 0.251 e. The Bertz CT molecular complexity index is 779. The highest BCUT2D eigenvalue weighted by Gasteiger charge is 2.16. The first-order valence-corrected chi connectivity index (χ1v) is 9.46. The van der Waals surface area contributed by atoms with Crippen molar-refractivity contribution in [3.05, 3.63) is 71.8 Å². The molecule has 1 heterocycles. The minimum absolute atomic E-state index is 0.0862. The number of hydrogen-bond acceptors (Lipinski definition) is 2. The third-order valence-electron chi connectivity index (χ3n) is 5.21. The molecule has 1 N–H and O–H groups in total. The number of amides is 1. The fourth-order valence-electron chi connectivity index (χ4n) is 3.70. The van der Waals surface area contributed by atoms with Crippen LogP contribution in [-0.4, -0.2) is 26.0 Å². The fraction of sp³-hybridized carbons (Fsp3) is 0.348. The number of rotatable bonds is 4. The van der Waals surface area contributed by atoms with Crippen LogP contribution < -0.4 is 10.2 Å². The molecule has 1 atom stereocenters. The van der Waals surface area contributed by atoms with E-state index in [0.717, 1.165) is 35.7 Å². The predicted molar refractivity (Wildman–Crippen MR) is 110 cm³/mol. The molecule has 0 aromatic heterocycles. The third kappa shape index (κ3) is 3.98. The van der Waals surface area contributed by atoms with Crippen LogP contribution in [0.3, 0.4) is 0 Å². The van der Waals surface area contributed by atoms with E-state index in [1.54, 1.807) is 7.05 Å². The summed E-state index contributed by atoms with van der Waals surface area (Å²) in [6.45, 7) is 8.84. The maximum atomic E-state index is 12.1. The van der Waals surface area contributed by atoms with Gasteiger partial charge in [-0.2, -0.15) is 0 Å². The van der Waals surface area contributed by atoms with E-state index in [1.807, 2.05) is 24.3 Å². The van der Waals surface area contributed by atoms with E-state index in [0.29, 0.717) is 5.56 Å². The molecule has 1 saturated heterocycles. The van der Waals surface area contributed by atoms with Crippen LogP contribution in [0.2, 0.25) is 0 Å². The minimum atomic E-state index is -0.0862. The zero-order valence-electron chi connectivity index (χ0n) is 15.8. The van der Waals surface area contributed by atoms with Crippen LogP contribution >= 0.6 is 0 Å². The molecular formula is C23H28N2O. The van der Waals surface area contributed by atoms with E-state index >= 15 is 0 Å². The number of nitrogens with zero attached hydrogens (tertiary/aromatic N) is 1. The lowest BCUT2D eigenvalue weighted by atomic mass is 9.94. The Hall–Kier alpha value is -2.55. The molecule has 1 fully saturated rings. The van der Waals surface area contributed by atoms with Crippen molar-refractivity contribution in [2.24, 2.45) is 5.92 Å². The molecule has 136 valence electrons. The van der Waals surface area contributed by atoms with Gasteiger partial charge in [-0.3, -0.25) is 4.79 Å². The van der Waals surface area contributed by atoms with Gasteiger partial charge in [0, 0.05) is 31.4 Å². The maximum absolute atomic E-state index is 12.1. The summed E-state index contributed by atoms with van der Waals surface area (Å²) in [5, 5.41) is 2.70. The van der Waals surface area contributed by atoms with Crippen LogP contribution in [-0.2, 0) is 0 Å². The molecule has 2 aromatic rings. The van der Waals surface area contributed by atoms with Crippen molar-refractivity contribution in [3.63, 3.8) is 0 Å². The fourth-order valence-corrected chi connectivity index (χ4v) is 3.70. The number of anilines is 1. The summed E-state index contributed by atoms with van der Waals surface area (Å²) in [7, 11) is 1.65. The molecule has 0 bridgehead atoms. The van der Waals surface area contributed by atoms with Gasteiger partial charge in [-0.25, -0.2) is 0 Å². The number of benzene rings is 2. The number of carbonyl (C=O) groups excluding carboxylic acids is 1. The van der Waals surface area contributed by atoms with Gasteiger partial charge >= 0.3 is 0 Å². The van der Waals surface area contributed by atoms with E-state index in [4.69, 9.17) is 0 Å². The van der Waals surface area contributed by atoms with Gasteiger partial charge in [0.05, 0.1) is 0 Å². The lowest BCUT2D eigenvalue weighted by Gasteiger charge is -2.25. The Morgan fingerprint density at radius 1 is 1.08 bits per heavy atom. The molecular weight excluding hydrogens is 320 g/mol. The van der Waals surface area contributed by atoms with E-state index in [2.05, 4.69) is 48.0 Å². The van der Waals surface area contributed by atoms with Crippen molar-refractivity contribution in [2.75, 3.05) is 25.0 Å². The SMILES string of the molecule is C=C(c1ccc(N2CCCCC(C)C2)cc1)c1ccccc1C(=O)NC. The average Bonchev–Trinajstić information content (AvgIpc) is 2.91. The largest absolute Gasteiger partial charge is 0.371 e. The molecule has 1 unspecified atom stereocenters. The number of carbonyl (C=O) groups is 1. The van der Waals surface area contributed by atoms with Crippen molar-refractivity contribution >= 4 is 17.2 Å². The van der Waals surface area contributed by atoms with Crippen LogP contribution in [0.25, 0.3) is 5.57 Å². The summed E-state index contributed by atoms with van der Waals surface area (Å²) in [6, 6.07) is 16.2. The molecule has 1 amide bonds. The second kappa shape index (κ2) is 8.22. The smallest absolute Gasteiger partial charge is 0.251 e. The first kappa shape index (κ1) is 18.2. The topological polar surface area (TPSA) is 32.3 Å². The summed E-state index contributed by atoms with van der Waals surface area (Å²) in [4.78, 5) is 14.6. The lowest BCUT2D eigenvalue weighted by molar-refractivity contribution is 0.0963. The molecule has 26 heavy (non-hydrogen) atoms. The normalized spacial score (nSPS) is 17.5. The van der Waals surface area contributed by atoms with Gasteiger partial charge in [-0.15, -0.1) is 0 Å². The molecule has 0 aliphatic carbocycles. The molecule has 1 aliphatic heterocycles. The van der Waals surface area contributed by atoms with Crippen LogP contribution in [0, 0.1) is 5.92 Å². The van der Waals surface area contributed by atoms with Gasteiger partial charge in [0.15, 0.2) is 0 Å². The summed E-state index contributed by atoms with van der Waals surface area (Å²) in [5.41, 5.74) is 4.73. The van der Waals surface area contributed by atoms with Gasteiger partial charge in [-0.1, -0.05) is 50.3 Å². The van der Waals surface area contributed by atoms with Crippen LogP contribution in [0.4, 0.5) is 5.69 Å². The average molecular weight is 348 g/mol. The highest BCUT2D eigenvalue weighted by molar-refractivity contribution is 6.00. The highest BCUT2D eigenvalue weighted by atomic mass is 16.1. The molecule has 3 heteroatoms. The van der Waals surface area contributed by atoms with Crippen molar-refractivity contribution in [2.45, 2.75) is 26.2 Å². The van der Waals surface area contributed by atoms with Crippen molar-refractivity contribution in [1.29, 1.82) is 0 Å². The van der Waals surface area contributed by atoms with Gasteiger partial charge < -0.3 is 10.2 Å². The monoisotopic (exact) mass is 348 g/mol. The van der Waals surface area contributed by atoms with Gasteiger partial charge in [0.2, 0.25) is 0 Å². The standard InChI is InChI=1S/C23H28N2O/c1-17-8-6-7-15-25(16-17)20-13-11-19(12-14-20)18(2)21-9-4-5-10-22(21)23(26)24-3/h4-5,9-14,17H,2,6-8,15-16H2,1,3H3,(H,24,26). The molecule has 0 spiro atoms. The number of hydrogen-bond donors (Lipinski definition) is 1. The summed E-state index contributed by atoms with van der Waals surface area (Å²) < 4.78 is 0. The van der Waals surface area contributed by atoms with E-state index in [-0.39, 0.29) is 5.91 Å². The zero-order chi connectivity index (χ0) is 18.5. The Morgan fingerprint density at radius 2 is 1.77 bits per heavy atom. The molecule has 0 saturated carbocycles. The van der Waals surface area contributed by atoms with E-state index in [1.165, 1.54) is 24.9 Å². The highest BCUT2D eigenvalue weighted by Crippen LogP contribution is 2.28. The Morgan fingerprint density at radius 3 is 2.46 bits per heavy atom. The van der Waals surface area contributed by atoms with E-state index in [9.17, 15) is 4.79 Å². The summed E-state index contributed by atoms with van der Waals surface area (Å²) in [5.74, 6) is 0.656. The quantitative estimate of drug-likeness (QED) is 0.866. The van der Waals surface area contributed by atoms with Crippen LogP contribution in [0.1, 0.15) is 47.7 Å². The van der Waals surface area contributed by atoms with Crippen molar-refractivity contribution in [1.82, 2.24) is 5.32 Å². The lowest BCUT2D eigenvalue weighted by Crippen LogP contribution is -2.27. The van der Waals surface area contributed by atoms with Gasteiger partial charge in [-0.05, 0) is 53.7 Å². The Labute approximate surface area is 156 Å². The van der Waals surface area contributed by atoms with Crippen molar-refractivity contribution < 1.29 is 4.79 Å². The van der Waals surface area contributed by atoms with Crippen LogP contribution in [0.5, 0.6) is 0 Å². The van der Waals surface area contributed by atoms with Crippen molar-refractivity contribution in [3.8, 4) is 0 Å². The van der Waals surface area contributed by atoms with E-state index < -0.39 is 0 Å². The molecule has 3 nitrogen and oxygen atoms in total.